The van der Waals surface area contributed by atoms with E-state index in [1.807, 2.05) is 6.08 Å². The van der Waals surface area contributed by atoms with Gasteiger partial charge in [-0.25, -0.2) is 4.79 Å². The summed E-state index contributed by atoms with van der Waals surface area (Å²) in [6.45, 7) is 38.2. The summed E-state index contributed by atoms with van der Waals surface area (Å²) in [5.41, 5.74) is 3.11. The van der Waals surface area contributed by atoms with Crippen molar-refractivity contribution >= 4 is 22.8 Å². The van der Waals surface area contributed by atoms with Crippen LogP contribution in [0.15, 0.2) is 47.6 Å². The molecule has 8 heteroatoms. The number of aliphatic hydroxyl groups is 1. The van der Waals surface area contributed by atoms with Gasteiger partial charge in [-0.3, -0.25) is 0 Å². The standard InChI is InChI=1S/C42H74O6Si2/c1-17-45-38(44)46-41(10,11)37(43)25-20-29(2)34-23-24-35-31(19-18-26-42(34,35)12)21-22-32-27-33(47-49(13,14)39(4,5)6)28-36(30(32)3)48-50(15,16)40(7,8)9/h20-22,25,29,33-37,43H,3,17-19,23-24,26-28H2,1-2,4-16H3/b25-20+,31-21+,32-22-/t29-,33?,34-,35+,36+,37+,42-/m1/s1. The average molecular weight is 731 g/mol. The van der Waals surface area contributed by atoms with Gasteiger partial charge in [-0.15, -0.1) is 0 Å². The molecule has 0 heterocycles. The molecule has 286 valence electrons. The Balaban J connectivity index is 1.85. The van der Waals surface area contributed by atoms with Crippen LogP contribution in [-0.2, 0) is 18.3 Å². The molecule has 0 amide bonds. The SMILES string of the molecule is C=C1/C(=C\C=C2/CCC[C@]3(C)[C@@H]([C@H](C)/C=C/[C@H](O)C(C)(C)OC(=O)OCC)CC[C@@H]23)CC(O[Si](C)(C)C(C)(C)C)C[C@@H]1O[Si](C)(C)C(C)(C)C. The first-order valence-corrected chi connectivity index (χ1v) is 25.2. The molecule has 0 radical (unpaired) electrons. The highest BCUT2D eigenvalue weighted by Gasteiger charge is 2.50. The number of hydrogen-bond donors (Lipinski definition) is 1. The molecule has 0 bridgehead atoms. The number of ether oxygens (including phenoxy) is 2. The molecule has 0 aromatic heterocycles. The van der Waals surface area contributed by atoms with Gasteiger partial charge in [-0.2, -0.15) is 0 Å². The third-order valence-corrected chi connectivity index (χ3v) is 22.3. The van der Waals surface area contributed by atoms with Crippen molar-refractivity contribution in [1.29, 1.82) is 0 Å². The predicted octanol–water partition coefficient (Wildman–Crippen LogP) is 11.7. The molecule has 3 rings (SSSR count). The zero-order chi connectivity index (χ0) is 38.1. The second kappa shape index (κ2) is 15.9. The fourth-order valence-electron chi connectivity index (χ4n) is 7.98. The summed E-state index contributed by atoms with van der Waals surface area (Å²) in [6, 6.07) is 0. The van der Waals surface area contributed by atoms with Crippen LogP contribution in [-0.4, -0.2) is 58.4 Å². The largest absolute Gasteiger partial charge is 0.508 e. The number of fused-ring (bicyclic) bond motifs is 1. The lowest BCUT2D eigenvalue weighted by Gasteiger charge is -2.45. The Kier molecular flexibility index (Phi) is 13.6. The normalized spacial score (nSPS) is 30.1. The Morgan fingerprint density at radius 3 is 2.16 bits per heavy atom. The summed E-state index contributed by atoms with van der Waals surface area (Å²) in [5.74, 6) is 1.34. The second-order valence-corrected chi connectivity index (χ2v) is 29.0. The van der Waals surface area contributed by atoms with E-state index in [2.05, 4.69) is 106 Å². The summed E-state index contributed by atoms with van der Waals surface area (Å²) < 4.78 is 24.5. The third kappa shape index (κ3) is 9.94. The van der Waals surface area contributed by atoms with Gasteiger partial charge < -0.3 is 23.4 Å². The highest BCUT2D eigenvalue weighted by molar-refractivity contribution is 6.74. The van der Waals surface area contributed by atoms with Crippen LogP contribution in [0.3, 0.4) is 0 Å². The molecule has 0 aromatic carbocycles. The van der Waals surface area contributed by atoms with E-state index in [9.17, 15) is 9.90 Å². The van der Waals surface area contributed by atoms with Gasteiger partial charge in [0, 0.05) is 6.42 Å². The van der Waals surface area contributed by atoms with Crippen LogP contribution >= 0.6 is 0 Å². The van der Waals surface area contributed by atoms with Crippen LogP contribution in [0.5, 0.6) is 0 Å². The molecule has 3 fully saturated rings. The van der Waals surface area contributed by atoms with Gasteiger partial charge in [0.05, 0.1) is 18.8 Å². The number of carbonyl (C=O) groups is 1. The minimum atomic E-state index is -2.02. The van der Waals surface area contributed by atoms with Gasteiger partial charge in [0.15, 0.2) is 16.6 Å². The molecule has 1 N–H and O–H groups in total. The highest BCUT2D eigenvalue weighted by atomic mass is 28.4. The average Bonchev–Trinajstić information content (AvgIpc) is 3.32. The van der Waals surface area contributed by atoms with E-state index in [4.69, 9.17) is 18.3 Å². The van der Waals surface area contributed by atoms with Crippen LogP contribution in [0.4, 0.5) is 4.79 Å². The van der Waals surface area contributed by atoms with Crippen molar-refractivity contribution in [2.24, 2.45) is 23.2 Å². The van der Waals surface area contributed by atoms with Gasteiger partial charge in [0.25, 0.3) is 0 Å². The minimum absolute atomic E-state index is 0.0211. The van der Waals surface area contributed by atoms with E-state index in [1.165, 1.54) is 24.8 Å². The number of aliphatic hydroxyl groups excluding tert-OH is 1. The topological polar surface area (TPSA) is 74.2 Å². The first-order valence-electron chi connectivity index (χ1n) is 19.4. The molecule has 50 heavy (non-hydrogen) atoms. The van der Waals surface area contributed by atoms with E-state index >= 15 is 0 Å². The molecule has 6 nitrogen and oxygen atoms in total. The van der Waals surface area contributed by atoms with Crippen LogP contribution in [0.25, 0.3) is 0 Å². The maximum Gasteiger partial charge on any atom is 0.508 e. The lowest BCUT2D eigenvalue weighted by atomic mass is 9.61. The van der Waals surface area contributed by atoms with E-state index in [1.54, 1.807) is 26.3 Å². The quantitative estimate of drug-likeness (QED) is 0.130. The van der Waals surface area contributed by atoms with Crippen LogP contribution in [0, 0.1) is 23.2 Å². The third-order valence-electron chi connectivity index (χ3n) is 13.3. The zero-order valence-electron chi connectivity index (χ0n) is 34.6. The van der Waals surface area contributed by atoms with Gasteiger partial charge in [0.1, 0.15) is 11.7 Å². The van der Waals surface area contributed by atoms with Crippen molar-refractivity contribution in [3.63, 3.8) is 0 Å². The molecule has 7 atom stereocenters. The first kappa shape index (κ1) is 43.0. The molecule has 0 spiro atoms. The Morgan fingerprint density at radius 1 is 0.980 bits per heavy atom. The lowest BCUT2D eigenvalue weighted by Crippen LogP contribution is -2.49. The van der Waals surface area contributed by atoms with Gasteiger partial charge in [-0.1, -0.05) is 91.8 Å². The van der Waals surface area contributed by atoms with Crippen molar-refractivity contribution in [2.45, 2.75) is 181 Å². The molecule has 0 saturated heterocycles. The van der Waals surface area contributed by atoms with Crippen molar-refractivity contribution in [3.8, 4) is 0 Å². The number of rotatable bonds is 11. The summed E-state index contributed by atoms with van der Waals surface area (Å²) in [7, 11) is -3.99. The molecular weight excluding hydrogens is 657 g/mol. The van der Waals surface area contributed by atoms with E-state index in [0.29, 0.717) is 11.8 Å². The molecule has 3 aliphatic rings. The van der Waals surface area contributed by atoms with Crippen LogP contribution in [0.1, 0.15) is 121 Å². The van der Waals surface area contributed by atoms with Crippen molar-refractivity contribution in [2.75, 3.05) is 6.61 Å². The lowest BCUT2D eigenvalue weighted by molar-refractivity contribution is -0.0658. The Hall–Kier alpha value is -1.46. The Morgan fingerprint density at radius 2 is 1.58 bits per heavy atom. The smallest absolute Gasteiger partial charge is 0.435 e. The second-order valence-electron chi connectivity index (χ2n) is 19.4. The Labute approximate surface area is 308 Å². The molecule has 3 aliphatic carbocycles. The number of carbonyl (C=O) groups excluding carboxylic acids is 1. The zero-order valence-corrected chi connectivity index (χ0v) is 36.6. The first-order chi connectivity index (χ1) is 22.8. The highest BCUT2D eigenvalue weighted by Crippen LogP contribution is 2.59. The summed E-state index contributed by atoms with van der Waals surface area (Å²) in [6.07, 6.45) is 14.8. The predicted molar refractivity (Wildman–Crippen MR) is 213 cm³/mol. The number of hydrogen-bond acceptors (Lipinski definition) is 6. The van der Waals surface area contributed by atoms with Crippen LogP contribution in [0.2, 0.25) is 36.3 Å². The summed E-state index contributed by atoms with van der Waals surface area (Å²) in [5, 5.41) is 11.2. The van der Waals surface area contributed by atoms with E-state index in [-0.39, 0.29) is 40.2 Å². The molecule has 0 aliphatic heterocycles. The van der Waals surface area contributed by atoms with E-state index < -0.39 is 34.5 Å². The molecule has 1 unspecified atom stereocenters. The molecule has 3 saturated carbocycles. The van der Waals surface area contributed by atoms with Crippen molar-refractivity contribution < 1.29 is 28.2 Å². The van der Waals surface area contributed by atoms with Crippen molar-refractivity contribution in [3.05, 3.63) is 47.6 Å². The summed E-state index contributed by atoms with van der Waals surface area (Å²) >= 11 is 0. The van der Waals surface area contributed by atoms with E-state index in [0.717, 1.165) is 31.3 Å². The number of allylic oxidation sites excluding steroid dienone is 4. The van der Waals surface area contributed by atoms with Gasteiger partial charge in [-0.05, 0) is 130 Å². The molecular formula is C42H74O6Si2. The summed E-state index contributed by atoms with van der Waals surface area (Å²) in [4.78, 5) is 11.9. The Bertz CT molecular complexity index is 1300. The van der Waals surface area contributed by atoms with Crippen LogP contribution < -0.4 is 0 Å². The monoisotopic (exact) mass is 731 g/mol. The van der Waals surface area contributed by atoms with Gasteiger partial charge >= 0.3 is 6.16 Å². The fraction of sp³-hybridized carbons (Fsp3) is 0.786. The maximum absolute atomic E-state index is 11.9. The van der Waals surface area contributed by atoms with Crippen molar-refractivity contribution in [1.82, 2.24) is 0 Å². The fourth-order valence-corrected chi connectivity index (χ4v) is 10.6. The van der Waals surface area contributed by atoms with Gasteiger partial charge in [0.2, 0.25) is 0 Å². The molecule has 0 aromatic rings. The minimum Gasteiger partial charge on any atom is -0.435 e. The maximum atomic E-state index is 11.9.